The molecule has 0 spiro atoms. The number of likely N-dealkylation sites (N-methyl/N-ethyl adjacent to an activating group) is 1. The lowest BCUT2D eigenvalue weighted by atomic mass is 9.93. The molecule has 0 radical (unpaired) electrons. The van der Waals surface area contributed by atoms with Crippen LogP contribution in [0.3, 0.4) is 0 Å². The van der Waals surface area contributed by atoms with E-state index in [2.05, 4.69) is 70.9 Å². The van der Waals surface area contributed by atoms with Crippen LogP contribution < -0.4 is 10.1 Å². The molecule has 31 heavy (non-hydrogen) atoms. The van der Waals surface area contributed by atoms with Gasteiger partial charge in [0.2, 0.25) is 0 Å². The number of ether oxygens (including phenoxy) is 1. The minimum absolute atomic E-state index is 0. The predicted octanol–water partition coefficient (Wildman–Crippen LogP) is 3.66. The summed E-state index contributed by atoms with van der Waals surface area (Å²) in [6.07, 6.45) is 6.99. The number of hydrogen-bond donors (Lipinski definition) is 1. The van der Waals surface area contributed by atoms with E-state index in [1.807, 2.05) is 24.7 Å². The molecule has 3 rings (SSSR count). The second kappa shape index (κ2) is 12.3. The first-order chi connectivity index (χ1) is 14.5. The number of nitrogens with zero attached hydrogens (tertiary/aromatic N) is 5. The quantitative estimate of drug-likeness (QED) is 0.330. The highest BCUT2D eigenvalue weighted by Gasteiger charge is 2.29. The molecule has 0 saturated carbocycles. The maximum absolute atomic E-state index is 5.60. The van der Waals surface area contributed by atoms with Gasteiger partial charge in [-0.25, -0.2) is 4.98 Å². The Morgan fingerprint density at radius 1 is 1.35 bits per heavy atom. The van der Waals surface area contributed by atoms with Crippen LogP contribution in [-0.2, 0) is 0 Å². The van der Waals surface area contributed by atoms with E-state index < -0.39 is 0 Å². The third kappa shape index (κ3) is 6.35. The van der Waals surface area contributed by atoms with Crippen molar-refractivity contribution < 1.29 is 4.74 Å². The minimum atomic E-state index is 0. The average molecular weight is 540 g/mol. The number of rotatable bonds is 7. The van der Waals surface area contributed by atoms with E-state index in [9.17, 15) is 0 Å². The Bertz CT molecular complexity index is 810. The van der Waals surface area contributed by atoms with Gasteiger partial charge in [0.05, 0.1) is 32.1 Å². The number of imidazole rings is 1. The second-order valence-corrected chi connectivity index (χ2v) is 8.21. The molecule has 1 aromatic carbocycles. The van der Waals surface area contributed by atoms with Gasteiger partial charge in [-0.15, -0.1) is 24.0 Å². The zero-order valence-corrected chi connectivity index (χ0v) is 21.7. The number of benzene rings is 1. The number of aliphatic imine (C=N–C) groups is 1. The van der Waals surface area contributed by atoms with Gasteiger partial charge in [0.25, 0.3) is 0 Å². The SMILES string of the molecule is CCNC(=NCC(c1ccccc1OC)N(C)C)N1CCC(C)C(n2ccnc2)C1.I. The zero-order chi connectivity index (χ0) is 21.5. The van der Waals surface area contributed by atoms with Gasteiger partial charge in [-0.05, 0) is 39.4 Å². The smallest absolute Gasteiger partial charge is 0.194 e. The lowest BCUT2D eigenvalue weighted by Gasteiger charge is -2.39. The van der Waals surface area contributed by atoms with Crippen molar-refractivity contribution in [2.75, 3.05) is 47.4 Å². The summed E-state index contributed by atoms with van der Waals surface area (Å²) in [5, 5.41) is 3.51. The molecule has 3 unspecified atom stereocenters. The highest BCUT2D eigenvalue weighted by molar-refractivity contribution is 14.0. The second-order valence-electron chi connectivity index (χ2n) is 8.21. The summed E-state index contributed by atoms with van der Waals surface area (Å²) in [7, 11) is 5.92. The summed E-state index contributed by atoms with van der Waals surface area (Å²) in [6, 6.07) is 8.76. The Hall–Kier alpha value is -1.81. The third-order valence-corrected chi connectivity index (χ3v) is 6.00. The topological polar surface area (TPSA) is 57.9 Å². The number of methoxy groups -OCH3 is 1. The first kappa shape index (κ1) is 25.5. The lowest BCUT2D eigenvalue weighted by molar-refractivity contribution is 0.188. The van der Waals surface area contributed by atoms with Crippen molar-refractivity contribution in [3.8, 4) is 5.75 Å². The number of nitrogens with one attached hydrogen (secondary N) is 1. The first-order valence-corrected chi connectivity index (χ1v) is 10.8. The van der Waals surface area contributed by atoms with Gasteiger partial charge >= 0.3 is 0 Å². The molecule has 1 aromatic heterocycles. The van der Waals surface area contributed by atoms with Gasteiger partial charge in [-0.3, -0.25) is 4.99 Å². The van der Waals surface area contributed by atoms with Crippen molar-refractivity contribution in [2.24, 2.45) is 10.9 Å². The number of hydrogen-bond acceptors (Lipinski definition) is 4. The molecule has 1 saturated heterocycles. The van der Waals surface area contributed by atoms with E-state index in [0.29, 0.717) is 18.5 Å². The Balaban J connectivity index is 0.00000341. The van der Waals surface area contributed by atoms with Crippen molar-refractivity contribution in [2.45, 2.75) is 32.4 Å². The van der Waals surface area contributed by atoms with E-state index in [1.54, 1.807) is 7.11 Å². The number of likely N-dealkylation sites (tertiary alicyclic amines) is 1. The fourth-order valence-corrected chi connectivity index (χ4v) is 4.18. The molecule has 1 aliphatic rings. The highest BCUT2D eigenvalue weighted by atomic mass is 127. The molecular formula is C23H37IN6O. The number of para-hydroxylation sites is 1. The van der Waals surface area contributed by atoms with Crippen LogP contribution in [0, 0.1) is 5.92 Å². The maximum atomic E-state index is 5.60. The molecule has 3 atom stereocenters. The third-order valence-electron chi connectivity index (χ3n) is 6.00. The fourth-order valence-electron chi connectivity index (χ4n) is 4.18. The Morgan fingerprint density at radius 3 is 2.77 bits per heavy atom. The lowest BCUT2D eigenvalue weighted by Crippen LogP contribution is -2.49. The molecule has 1 fully saturated rings. The molecule has 2 aromatic rings. The Kier molecular flexibility index (Phi) is 10.1. The van der Waals surface area contributed by atoms with Crippen molar-refractivity contribution in [3.05, 3.63) is 48.5 Å². The van der Waals surface area contributed by atoms with E-state index in [-0.39, 0.29) is 30.0 Å². The summed E-state index contributed by atoms with van der Waals surface area (Å²) in [5.41, 5.74) is 1.16. The van der Waals surface area contributed by atoms with Crippen LogP contribution in [-0.4, -0.2) is 72.7 Å². The number of aromatic nitrogens is 2. The Morgan fingerprint density at radius 2 is 2.13 bits per heavy atom. The molecular weight excluding hydrogens is 503 g/mol. The van der Waals surface area contributed by atoms with Crippen LogP contribution in [0.5, 0.6) is 5.75 Å². The number of halogens is 1. The van der Waals surface area contributed by atoms with Gasteiger partial charge in [-0.1, -0.05) is 25.1 Å². The van der Waals surface area contributed by atoms with Crippen LogP contribution >= 0.6 is 24.0 Å². The number of guanidine groups is 1. The van der Waals surface area contributed by atoms with Gasteiger partial charge in [0, 0.05) is 37.6 Å². The molecule has 2 heterocycles. The van der Waals surface area contributed by atoms with E-state index in [0.717, 1.165) is 43.3 Å². The van der Waals surface area contributed by atoms with E-state index in [4.69, 9.17) is 9.73 Å². The molecule has 8 heteroatoms. The van der Waals surface area contributed by atoms with Crippen molar-refractivity contribution >= 4 is 29.9 Å². The van der Waals surface area contributed by atoms with Crippen LogP contribution in [0.25, 0.3) is 0 Å². The maximum Gasteiger partial charge on any atom is 0.194 e. The van der Waals surface area contributed by atoms with Crippen molar-refractivity contribution in [1.29, 1.82) is 0 Å². The molecule has 7 nitrogen and oxygen atoms in total. The summed E-state index contributed by atoms with van der Waals surface area (Å²) >= 11 is 0. The molecule has 0 aliphatic carbocycles. The van der Waals surface area contributed by atoms with E-state index >= 15 is 0 Å². The normalized spacial score (nSPS) is 20.3. The molecule has 1 aliphatic heterocycles. The fraction of sp³-hybridized carbons (Fsp3) is 0.565. The summed E-state index contributed by atoms with van der Waals surface area (Å²) in [4.78, 5) is 13.9. The highest BCUT2D eigenvalue weighted by Crippen LogP contribution is 2.29. The number of piperidine rings is 1. The average Bonchev–Trinajstić information content (AvgIpc) is 3.28. The predicted molar refractivity (Wildman–Crippen MR) is 137 cm³/mol. The summed E-state index contributed by atoms with van der Waals surface area (Å²) in [5.74, 6) is 2.50. The van der Waals surface area contributed by atoms with Crippen LogP contribution in [0.2, 0.25) is 0 Å². The van der Waals surface area contributed by atoms with Crippen LogP contribution in [0.15, 0.2) is 48.0 Å². The molecule has 172 valence electrons. The van der Waals surface area contributed by atoms with Crippen LogP contribution in [0.4, 0.5) is 0 Å². The van der Waals surface area contributed by atoms with E-state index in [1.165, 1.54) is 0 Å². The minimum Gasteiger partial charge on any atom is -0.496 e. The van der Waals surface area contributed by atoms with Gasteiger partial charge in [-0.2, -0.15) is 0 Å². The first-order valence-electron chi connectivity index (χ1n) is 10.8. The van der Waals surface area contributed by atoms with Gasteiger partial charge < -0.3 is 24.4 Å². The summed E-state index contributed by atoms with van der Waals surface area (Å²) < 4.78 is 7.84. The molecule has 0 bridgehead atoms. The largest absolute Gasteiger partial charge is 0.496 e. The molecule has 0 amide bonds. The Labute approximate surface area is 203 Å². The monoisotopic (exact) mass is 540 g/mol. The summed E-state index contributed by atoms with van der Waals surface area (Å²) in [6.45, 7) is 7.92. The van der Waals surface area contributed by atoms with Crippen molar-refractivity contribution in [3.63, 3.8) is 0 Å². The van der Waals surface area contributed by atoms with Crippen LogP contribution in [0.1, 0.15) is 37.9 Å². The standard InChI is InChI=1S/C23H36N6O.HI/c1-6-25-23(28-13-11-18(2)21(16-28)29-14-12-24-17-29)26-15-20(27(3)4)19-9-7-8-10-22(19)30-5;/h7-10,12,14,17-18,20-21H,6,11,13,15-16H2,1-5H3,(H,25,26);1H. The van der Waals surface area contributed by atoms with Crippen molar-refractivity contribution in [1.82, 2.24) is 24.7 Å². The van der Waals surface area contributed by atoms with Gasteiger partial charge in [0.1, 0.15) is 5.75 Å². The zero-order valence-electron chi connectivity index (χ0n) is 19.4. The van der Waals surface area contributed by atoms with Gasteiger partial charge in [0.15, 0.2) is 5.96 Å². The molecule has 1 N–H and O–H groups in total.